The molecule has 0 aromatic heterocycles. The van der Waals surface area contributed by atoms with E-state index in [-0.39, 0.29) is 30.7 Å². The Balaban J connectivity index is 2.04. The zero-order chi connectivity index (χ0) is 19.3. The lowest BCUT2D eigenvalue weighted by Crippen LogP contribution is -2.64. The predicted molar refractivity (Wildman–Crippen MR) is 95.7 cm³/mol. The summed E-state index contributed by atoms with van der Waals surface area (Å²) in [5.41, 5.74) is -1.92. The second-order valence-corrected chi connectivity index (χ2v) is 7.75. The lowest BCUT2D eigenvalue weighted by Gasteiger charge is -2.41. The summed E-state index contributed by atoms with van der Waals surface area (Å²) in [7, 11) is 0. The largest absolute Gasteiger partial charge is 0.294 e. The van der Waals surface area contributed by atoms with Gasteiger partial charge in [-0.25, -0.2) is 0 Å². The molecule has 138 valence electrons. The van der Waals surface area contributed by atoms with E-state index in [4.69, 9.17) is 23.2 Å². The standard InChI is InChI=1S/C18H18Cl2N2O4/c1-3-18(7-6-13(23)21-15(18)25)22-14(24)9-17(2,16(22)26)10-4-5-11(19)12(20)8-10/h4-5,8H,3,6-7,9H2,1-2H3,(H,21,23,25). The van der Waals surface area contributed by atoms with Crippen molar-refractivity contribution in [2.75, 3.05) is 0 Å². The summed E-state index contributed by atoms with van der Waals surface area (Å²) in [6.07, 6.45) is 0.372. The van der Waals surface area contributed by atoms with Crippen LogP contribution in [0.5, 0.6) is 0 Å². The van der Waals surface area contributed by atoms with Crippen molar-refractivity contribution < 1.29 is 19.2 Å². The van der Waals surface area contributed by atoms with Crippen LogP contribution in [0.4, 0.5) is 0 Å². The van der Waals surface area contributed by atoms with Gasteiger partial charge in [0.15, 0.2) is 0 Å². The van der Waals surface area contributed by atoms with Crippen LogP contribution >= 0.6 is 23.2 Å². The van der Waals surface area contributed by atoms with Crippen LogP contribution in [0.1, 0.15) is 45.1 Å². The first kappa shape index (κ1) is 18.9. The minimum atomic E-state index is -1.34. The minimum Gasteiger partial charge on any atom is -0.294 e. The molecule has 8 heteroatoms. The maximum absolute atomic E-state index is 13.3. The highest BCUT2D eigenvalue weighted by Crippen LogP contribution is 2.43. The molecule has 3 rings (SSSR count). The molecule has 1 aromatic carbocycles. The lowest BCUT2D eigenvalue weighted by molar-refractivity contribution is -0.159. The molecule has 6 nitrogen and oxygen atoms in total. The van der Waals surface area contributed by atoms with Crippen LogP contribution < -0.4 is 5.32 Å². The van der Waals surface area contributed by atoms with Crippen molar-refractivity contribution in [1.29, 1.82) is 0 Å². The van der Waals surface area contributed by atoms with Gasteiger partial charge in [-0.15, -0.1) is 0 Å². The molecule has 0 radical (unpaired) electrons. The van der Waals surface area contributed by atoms with Crippen molar-refractivity contribution in [3.8, 4) is 0 Å². The van der Waals surface area contributed by atoms with Crippen molar-refractivity contribution in [2.45, 2.75) is 50.5 Å². The van der Waals surface area contributed by atoms with Crippen LogP contribution in [0.3, 0.4) is 0 Å². The summed E-state index contributed by atoms with van der Waals surface area (Å²) in [4.78, 5) is 51.2. The van der Waals surface area contributed by atoms with Gasteiger partial charge in [0.2, 0.25) is 17.7 Å². The van der Waals surface area contributed by atoms with Gasteiger partial charge in [-0.2, -0.15) is 0 Å². The minimum absolute atomic E-state index is 0.0766. The fourth-order valence-corrected chi connectivity index (χ4v) is 4.06. The highest BCUT2D eigenvalue weighted by molar-refractivity contribution is 6.42. The molecule has 26 heavy (non-hydrogen) atoms. The van der Waals surface area contributed by atoms with Gasteiger partial charge in [-0.1, -0.05) is 36.2 Å². The molecule has 2 aliphatic heterocycles. The van der Waals surface area contributed by atoms with Crippen molar-refractivity contribution in [1.82, 2.24) is 10.2 Å². The molecule has 2 aliphatic rings. The fourth-order valence-electron chi connectivity index (χ4n) is 3.76. The van der Waals surface area contributed by atoms with Gasteiger partial charge in [0.1, 0.15) is 5.54 Å². The number of carbonyl (C=O) groups excluding carboxylic acids is 4. The molecule has 0 aliphatic carbocycles. The molecule has 4 amide bonds. The van der Waals surface area contributed by atoms with Crippen LogP contribution in [0, 0.1) is 0 Å². The first-order valence-electron chi connectivity index (χ1n) is 8.33. The number of piperidine rings is 1. The number of likely N-dealkylation sites (tertiary alicyclic amines) is 1. The Labute approximate surface area is 160 Å². The van der Waals surface area contributed by atoms with Crippen molar-refractivity contribution in [3.63, 3.8) is 0 Å². The summed E-state index contributed by atoms with van der Waals surface area (Å²) in [5, 5.41) is 2.90. The quantitative estimate of drug-likeness (QED) is 0.795. The average molecular weight is 397 g/mol. The maximum Gasteiger partial charge on any atom is 0.253 e. The number of imide groups is 2. The lowest BCUT2D eigenvalue weighted by atomic mass is 9.80. The Bertz CT molecular complexity index is 840. The molecule has 0 bridgehead atoms. The Kier molecular flexibility index (Phi) is 4.61. The fraction of sp³-hybridized carbons (Fsp3) is 0.444. The summed E-state index contributed by atoms with van der Waals surface area (Å²) in [6, 6.07) is 4.81. The van der Waals surface area contributed by atoms with E-state index in [2.05, 4.69) is 5.32 Å². The van der Waals surface area contributed by atoms with E-state index in [0.717, 1.165) is 4.90 Å². The Morgan fingerprint density at radius 3 is 2.42 bits per heavy atom. The van der Waals surface area contributed by atoms with Gasteiger partial charge >= 0.3 is 0 Å². The summed E-state index contributed by atoms with van der Waals surface area (Å²) >= 11 is 12.0. The number of halogens is 2. The van der Waals surface area contributed by atoms with Gasteiger partial charge in [0.25, 0.3) is 5.91 Å². The van der Waals surface area contributed by atoms with E-state index in [1.165, 1.54) is 0 Å². The number of hydrogen-bond donors (Lipinski definition) is 1. The van der Waals surface area contributed by atoms with Crippen molar-refractivity contribution in [2.24, 2.45) is 0 Å². The number of carbonyl (C=O) groups is 4. The smallest absolute Gasteiger partial charge is 0.253 e. The van der Waals surface area contributed by atoms with Crippen LogP contribution in [0.15, 0.2) is 18.2 Å². The third-order valence-corrected chi connectivity index (χ3v) is 6.18. The molecule has 2 atom stereocenters. The van der Waals surface area contributed by atoms with Gasteiger partial charge in [-0.3, -0.25) is 29.4 Å². The second kappa shape index (κ2) is 6.35. The van der Waals surface area contributed by atoms with Gasteiger partial charge in [0.05, 0.1) is 15.5 Å². The Hall–Kier alpha value is -1.92. The Morgan fingerprint density at radius 2 is 1.85 bits per heavy atom. The molecule has 2 unspecified atom stereocenters. The summed E-state index contributed by atoms with van der Waals surface area (Å²) < 4.78 is 0. The first-order chi connectivity index (χ1) is 12.2. The van der Waals surface area contributed by atoms with Crippen molar-refractivity contribution >= 4 is 46.8 Å². The normalized spacial score (nSPS) is 29.3. The highest BCUT2D eigenvalue weighted by Gasteiger charge is 2.59. The second-order valence-electron chi connectivity index (χ2n) is 6.93. The van der Waals surface area contributed by atoms with E-state index < -0.39 is 34.6 Å². The number of hydrogen-bond acceptors (Lipinski definition) is 4. The monoisotopic (exact) mass is 396 g/mol. The van der Waals surface area contributed by atoms with E-state index in [1.807, 2.05) is 0 Å². The third kappa shape index (κ3) is 2.63. The highest BCUT2D eigenvalue weighted by atomic mass is 35.5. The molecule has 2 heterocycles. The van der Waals surface area contributed by atoms with E-state index in [9.17, 15) is 19.2 Å². The van der Waals surface area contributed by atoms with Crippen LogP contribution in [0.25, 0.3) is 0 Å². The van der Waals surface area contributed by atoms with E-state index in [0.29, 0.717) is 10.6 Å². The van der Waals surface area contributed by atoms with Crippen LogP contribution in [-0.4, -0.2) is 34.1 Å². The van der Waals surface area contributed by atoms with Gasteiger partial charge in [0, 0.05) is 12.8 Å². The zero-order valence-corrected chi connectivity index (χ0v) is 15.9. The molecule has 2 fully saturated rings. The maximum atomic E-state index is 13.3. The number of nitrogens with zero attached hydrogens (tertiary/aromatic N) is 1. The van der Waals surface area contributed by atoms with E-state index in [1.54, 1.807) is 32.0 Å². The number of nitrogens with one attached hydrogen (secondary N) is 1. The molecular weight excluding hydrogens is 379 g/mol. The SMILES string of the molecule is CCC1(N2C(=O)CC(C)(c3ccc(Cl)c(Cl)c3)C2=O)CCC(=O)NC1=O. The predicted octanol–water partition coefficient (Wildman–Crippen LogP) is 2.60. The molecular formula is C18H18Cl2N2O4. The van der Waals surface area contributed by atoms with Gasteiger partial charge in [-0.05, 0) is 37.5 Å². The molecule has 0 spiro atoms. The van der Waals surface area contributed by atoms with E-state index >= 15 is 0 Å². The average Bonchev–Trinajstić information content (AvgIpc) is 2.82. The zero-order valence-electron chi connectivity index (χ0n) is 14.4. The topological polar surface area (TPSA) is 83.6 Å². The van der Waals surface area contributed by atoms with Crippen LogP contribution in [0.2, 0.25) is 10.0 Å². The third-order valence-electron chi connectivity index (χ3n) is 5.44. The number of amides is 4. The summed E-state index contributed by atoms with van der Waals surface area (Å²) in [5.74, 6) is -1.90. The number of rotatable bonds is 3. The summed E-state index contributed by atoms with van der Waals surface area (Å²) in [6.45, 7) is 3.38. The first-order valence-corrected chi connectivity index (χ1v) is 9.08. The van der Waals surface area contributed by atoms with Crippen LogP contribution in [-0.2, 0) is 24.6 Å². The Morgan fingerprint density at radius 1 is 1.15 bits per heavy atom. The molecule has 1 N–H and O–H groups in total. The molecule has 0 saturated carbocycles. The van der Waals surface area contributed by atoms with Crippen molar-refractivity contribution in [3.05, 3.63) is 33.8 Å². The molecule has 1 aromatic rings. The van der Waals surface area contributed by atoms with Gasteiger partial charge < -0.3 is 0 Å². The number of benzene rings is 1. The molecule has 2 saturated heterocycles.